The fraction of sp³-hybridized carbons (Fsp3) is 0.0769. The van der Waals surface area contributed by atoms with Gasteiger partial charge in [0, 0.05) is 5.56 Å². The fourth-order valence-corrected chi connectivity index (χ4v) is 2.53. The Kier molecular flexibility index (Phi) is 4.03. The molecule has 23 heavy (non-hydrogen) atoms. The number of carbonyl (C=O) groups excluding carboxylic acids is 1. The first-order valence-corrected chi connectivity index (χ1v) is 7.44. The summed E-state index contributed by atoms with van der Waals surface area (Å²) >= 11 is 0. The van der Waals surface area contributed by atoms with Gasteiger partial charge in [-0.1, -0.05) is 6.07 Å². The van der Waals surface area contributed by atoms with E-state index >= 15 is 0 Å². The van der Waals surface area contributed by atoms with E-state index in [4.69, 9.17) is 5.73 Å². The van der Waals surface area contributed by atoms with Crippen LogP contribution in [0.5, 0.6) is 5.75 Å². The molecule has 0 spiro atoms. The number of amides is 1. The summed E-state index contributed by atoms with van der Waals surface area (Å²) in [5.41, 5.74) is -1.00. The summed E-state index contributed by atoms with van der Waals surface area (Å²) < 4.78 is 60.6. The van der Waals surface area contributed by atoms with Crippen LogP contribution in [-0.2, 0) is 9.84 Å². The second-order valence-corrected chi connectivity index (χ2v) is 6.34. The fourth-order valence-electron chi connectivity index (χ4n) is 1.74. The predicted octanol–water partition coefficient (Wildman–Crippen LogP) is 1.85. The second-order valence-electron chi connectivity index (χ2n) is 4.40. The summed E-state index contributed by atoms with van der Waals surface area (Å²) in [6, 6.07) is 5.94. The number of benzene rings is 1. The summed E-state index contributed by atoms with van der Waals surface area (Å²) in [7, 11) is -5.58. The molecule has 0 unspecified atom stereocenters. The van der Waals surface area contributed by atoms with E-state index in [1.807, 2.05) is 0 Å². The average molecular weight is 346 g/mol. The van der Waals surface area contributed by atoms with Gasteiger partial charge in [-0.15, -0.1) is 0 Å². The van der Waals surface area contributed by atoms with Gasteiger partial charge in [0.2, 0.25) is 0 Å². The first-order chi connectivity index (χ1) is 10.5. The van der Waals surface area contributed by atoms with Gasteiger partial charge in [-0.05, 0) is 30.3 Å². The highest BCUT2D eigenvalue weighted by molar-refractivity contribution is 7.92. The third-order valence-corrected chi connectivity index (χ3v) is 4.34. The maximum Gasteiger partial charge on any atom is 0.501 e. The van der Waals surface area contributed by atoms with Gasteiger partial charge in [-0.25, -0.2) is 13.4 Å². The molecule has 2 rings (SSSR count). The Morgan fingerprint density at radius 2 is 1.83 bits per heavy atom. The van der Waals surface area contributed by atoms with Crippen molar-refractivity contribution in [2.45, 2.75) is 10.4 Å². The molecule has 3 N–H and O–H groups in total. The number of primary amides is 1. The van der Waals surface area contributed by atoms with Gasteiger partial charge in [0.15, 0.2) is 0 Å². The van der Waals surface area contributed by atoms with E-state index in [2.05, 4.69) is 4.98 Å². The molecule has 122 valence electrons. The van der Waals surface area contributed by atoms with E-state index in [9.17, 15) is 31.5 Å². The highest BCUT2D eigenvalue weighted by atomic mass is 32.2. The number of nitrogens with zero attached hydrogens (tertiary/aromatic N) is 1. The van der Waals surface area contributed by atoms with Crippen molar-refractivity contribution < 1.29 is 31.5 Å². The van der Waals surface area contributed by atoms with Crippen LogP contribution in [0, 0.1) is 0 Å². The van der Waals surface area contributed by atoms with Gasteiger partial charge in [-0.2, -0.15) is 13.2 Å². The highest BCUT2D eigenvalue weighted by Gasteiger charge is 2.47. The number of aromatic hydroxyl groups is 1. The minimum atomic E-state index is -5.58. The summed E-state index contributed by atoms with van der Waals surface area (Å²) in [5, 5.41) is 9.75. The van der Waals surface area contributed by atoms with E-state index in [1.165, 1.54) is 18.2 Å². The number of phenolic OH excluding ortho intramolecular Hbond substituents is 1. The molecule has 6 nitrogen and oxygen atoms in total. The van der Waals surface area contributed by atoms with E-state index in [0.29, 0.717) is 12.1 Å². The normalized spacial score (nSPS) is 12.1. The molecule has 1 aromatic carbocycles. The largest absolute Gasteiger partial charge is 0.507 e. The maximum atomic E-state index is 12.6. The number of alkyl halides is 3. The molecule has 1 heterocycles. The Morgan fingerprint density at radius 1 is 1.17 bits per heavy atom. The van der Waals surface area contributed by atoms with Crippen molar-refractivity contribution in [1.82, 2.24) is 4.98 Å². The van der Waals surface area contributed by atoms with Gasteiger partial charge in [0.25, 0.3) is 15.7 Å². The van der Waals surface area contributed by atoms with E-state index in [0.717, 1.165) is 6.07 Å². The van der Waals surface area contributed by atoms with Gasteiger partial charge >= 0.3 is 5.51 Å². The third-order valence-electron chi connectivity index (χ3n) is 2.86. The monoisotopic (exact) mass is 346 g/mol. The smallest absolute Gasteiger partial charge is 0.501 e. The van der Waals surface area contributed by atoms with Crippen LogP contribution in [0.25, 0.3) is 11.3 Å². The van der Waals surface area contributed by atoms with Crippen LogP contribution in [0.3, 0.4) is 0 Å². The number of pyridine rings is 1. The standard InChI is InChI=1S/C13H9F3N2O4S/c14-13(15,16)23(21,22)7-4-5-11(19)8(6-7)9-2-1-3-10(18-9)12(17)20/h1-6,19H,(H2,17,20). The number of hydrogen-bond acceptors (Lipinski definition) is 5. The topological polar surface area (TPSA) is 110 Å². The molecular weight excluding hydrogens is 337 g/mol. The lowest BCUT2D eigenvalue weighted by atomic mass is 10.1. The number of nitrogens with two attached hydrogens (primary N) is 1. The van der Waals surface area contributed by atoms with Gasteiger partial charge < -0.3 is 10.8 Å². The number of phenols is 1. The molecule has 0 radical (unpaired) electrons. The second kappa shape index (κ2) is 5.54. The minimum Gasteiger partial charge on any atom is -0.507 e. The zero-order valence-electron chi connectivity index (χ0n) is 11.2. The van der Waals surface area contributed by atoms with Crippen molar-refractivity contribution >= 4 is 15.7 Å². The van der Waals surface area contributed by atoms with E-state index in [-0.39, 0.29) is 17.0 Å². The number of rotatable bonds is 3. The lowest BCUT2D eigenvalue weighted by Crippen LogP contribution is -2.23. The quantitative estimate of drug-likeness (QED) is 0.881. The van der Waals surface area contributed by atoms with Crippen LogP contribution in [0.15, 0.2) is 41.3 Å². The van der Waals surface area contributed by atoms with Crippen molar-refractivity contribution in [2.75, 3.05) is 0 Å². The average Bonchev–Trinajstić information content (AvgIpc) is 2.46. The molecule has 2 aromatic rings. The molecule has 0 bridgehead atoms. The number of sulfone groups is 1. The van der Waals surface area contributed by atoms with Gasteiger partial charge in [0.1, 0.15) is 11.4 Å². The van der Waals surface area contributed by atoms with Crippen LogP contribution >= 0.6 is 0 Å². The van der Waals surface area contributed by atoms with E-state index < -0.39 is 31.9 Å². The molecule has 10 heteroatoms. The number of carbonyl (C=O) groups is 1. The summed E-state index contributed by atoms with van der Waals surface area (Å²) in [4.78, 5) is 13.8. The first-order valence-electron chi connectivity index (χ1n) is 5.95. The zero-order chi connectivity index (χ0) is 17.4. The summed E-state index contributed by atoms with van der Waals surface area (Å²) in [6.45, 7) is 0. The number of hydrogen-bond donors (Lipinski definition) is 2. The van der Waals surface area contributed by atoms with Crippen molar-refractivity contribution in [1.29, 1.82) is 0 Å². The zero-order valence-corrected chi connectivity index (χ0v) is 12.0. The summed E-state index contributed by atoms with van der Waals surface area (Å²) in [5.74, 6) is -1.38. The van der Waals surface area contributed by atoms with Gasteiger partial charge in [0.05, 0.1) is 10.6 Å². The SMILES string of the molecule is NC(=O)c1cccc(-c2cc(S(=O)(=O)C(F)(F)F)ccc2O)n1. The highest BCUT2D eigenvalue weighted by Crippen LogP contribution is 2.35. The Morgan fingerprint density at radius 3 is 2.39 bits per heavy atom. The predicted molar refractivity (Wildman–Crippen MR) is 73.1 cm³/mol. The molecule has 0 fully saturated rings. The van der Waals surface area contributed by atoms with Crippen molar-refractivity contribution in [3.63, 3.8) is 0 Å². The van der Waals surface area contributed by atoms with Crippen LogP contribution in [0.2, 0.25) is 0 Å². The Labute approximate surface area is 128 Å². The molecular formula is C13H9F3N2O4S. The first kappa shape index (κ1) is 16.7. The molecule has 1 amide bonds. The molecule has 0 atom stereocenters. The van der Waals surface area contributed by atoms with Crippen LogP contribution in [0.4, 0.5) is 13.2 Å². The maximum absolute atomic E-state index is 12.6. The Hall–Kier alpha value is -2.62. The molecule has 0 aliphatic rings. The number of halogens is 3. The molecule has 0 saturated heterocycles. The number of aromatic nitrogens is 1. The van der Waals surface area contributed by atoms with Crippen LogP contribution in [-0.4, -0.2) is 29.9 Å². The Balaban J connectivity index is 2.64. The molecule has 0 saturated carbocycles. The van der Waals surface area contributed by atoms with Crippen molar-refractivity contribution in [3.8, 4) is 17.0 Å². The minimum absolute atomic E-state index is 0.0991. The molecule has 0 aliphatic heterocycles. The van der Waals surface area contributed by atoms with Crippen molar-refractivity contribution in [2.24, 2.45) is 5.73 Å². The van der Waals surface area contributed by atoms with E-state index in [1.54, 1.807) is 0 Å². The van der Waals surface area contributed by atoms with Crippen molar-refractivity contribution in [3.05, 3.63) is 42.1 Å². The lowest BCUT2D eigenvalue weighted by Gasteiger charge is -2.11. The Bertz CT molecular complexity index is 879. The van der Waals surface area contributed by atoms with Gasteiger partial charge in [-0.3, -0.25) is 4.79 Å². The molecule has 0 aliphatic carbocycles. The molecule has 1 aromatic heterocycles. The third kappa shape index (κ3) is 3.11. The summed E-state index contributed by atoms with van der Waals surface area (Å²) in [6.07, 6.45) is 0. The van der Waals surface area contributed by atoms with Crippen LogP contribution in [0.1, 0.15) is 10.5 Å². The lowest BCUT2D eigenvalue weighted by molar-refractivity contribution is -0.0436. The van der Waals surface area contributed by atoms with Crippen LogP contribution < -0.4 is 5.73 Å².